The summed E-state index contributed by atoms with van der Waals surface area (Å²) in [5.74, 6) is 18.2. The second kappa shape index (κ2) is 27.0. The average Bonchev–Trinajstić information content (AvgIpc) is 1.78. The summed E-state index contributed by atoms with van der Waals surface area (Å²) >= 11 is 0. The zero-order valence-electron chi connectivity index (χ0n) is 51.8. The molecular formula is C76H66O14. The number of rotatable bonds is 14. The number of carbonyl (C=O) groups excluding carboxylic acids is 2. The van der Waals surface area contributed by atoms with E-state index in [0.29, 0.717) is 130 Å². The van der Waals surface area contributed by atoms with Crippen molar-refractivity contribution >= 4 is 11.9 Å². The fourth-order valence-electron chi connectivity index (χ4n) is 11.4. The number of carbonyl (C=O) groups is 2. The Labute approximate surface area is 524 Å². The van der Waals surface area contributed by atoms with Gasteiger partial charge >= 0.3 is 11.9 Å². The van der Waals surface area contributed by atoms with Crippen molar-refractivity contribution in [3.05, 3.63) is 246 Å². The van der Waals surface area contributed by atoms with Gasteiger partial charge in [0.2, 0.25) is 0 Å². The van der Waals surface area contributed by atoms with Gasteiger partial charge < -0.3 is 56.8 Å². The second-order valence-electron chi connectivity index (χ2n) is 21.5. The maximum absolute atomic E-state index is 13.8. The normalized spacial score (nSPS) is 11.8. The highest BCUT2D eigenvalue weighted by molar-refractivity contribution is 5.92. The minimum atomic E-state index is -0.544. The fourth-order valence-corrected chi connectivity index (χ4v) is 11.4. The van der Waals surface area contributed by atoms with Crippen molar-refractivity contribution in [3.8, 4) is 92.7 Å². The van der Waals surface area contributed by atoms with Crippen LogP contribution in [0.4, 0.5) is 0 Å². The van der Waals surface area contributed by atoms with Crippen LogP contribution in [0.2, 0.25) is 0 Å². The van der Waals surface area contributed by atoms with E-state index in [1.807, 2.05) is 97.1 Å². The van der Waals surface area contributed by atoms with Crippen molar-refractivity contribution in [2.45, 2.75) is 38.5 Å². The Balaban J connectivity index is 0.751. The Kier molecular flexibility index (Phi) is 18.2. The van der Waals surface area contributed by atoms with Crippen LogP contribution < -0.4 is 56.8 Å². The maximum Gasteiger partial charge on any atom is 0.343 e. The molecule has 14 nitrogen and oxygen atoms in total. The molecule has 0 radical (unpaired) electrons. The van der Waals surface area contributed by atoms with Crippen LogP contribution in [0.1, 0.15) is 110 Å². The van der Waals surface area contributed by atoms with Crippen LogP contribution in [0, 0.1) is 23.7 Å². The zero-order chi connectivity index (χ0) is 63.0. The maximum atomic E-state index is 13.8. The highest BCUT2D eigenvalue weighted by atomic mass is 16.6. The Morgan fingerprint density at radius 1 is 0.233 bits per heavy atom. The molecule has 0 bridgehead atoms. The molecule has 0 unspecified atom stereocenters. The lowest BCUT2D eigenvalue weighted by molar-refractivity contribution is 0.0720. The molecular weight excluding hydrogens is 1140 g/mol. The molecule has 90 heavy (non-hydrogen) atoms. The summed E-state index contributed by atoms with van der Waals surface area (Å²) in [6.07, 6.45) is 3.39. The number of esters is 2. The van der Waals surface area contributed by atoms with Crippen molar-refractivity contribution in [3.63, 3.8) is 0 Å². The quantitative estimate of drug-likeness (QED) is 0.0578. The van der Waals surface area contributed by atoms with Crippen LogP contribution in [0.15, 0.2) is 146 Å². The minimum absolute atomic E-state index is 0.294. The van der Waals surface area contributed by atoms with E-state index in [9.17, 15) is 9.59 Å². The van der Waals surface area contributed by atoms with Crippen molar-refractivity contribution in [1.82, 2.24) is 0 Å². The minimum Gasteiger partial charge on any atom is -0.493 e. The van der Waals surface area contributed by atoms with Crippen LogP contribution in [0.3, 0.4) is 0 Å². The number of benzene rings is 9. The molecule has 2 aliphatic rings. The second-order valence-corrected chi connectivity index (χ2v) is 21.5. The molecule has 0 fully saturated rings. The summed E-state index contributed by atoms with van der Waals surface area (Å²) in [5.41, 5.74) is 16.0. The predicted molar refractivity (Wildman–Crippen MR) is 342 cm³/mol. The highest BCUT2D eigenvalue weighted by Crippen LogP contribution is 2.44. The smallest absolute Gasteiger partial charge is 0.343 e. The van der Waals surface area contributed by atoms with E-state index in [1.54, 1.807) is 120 Å². The largest absolute Gasteiger partial charge is 0.493 e. The van der Waals surface area contributed by atoms with Gasteiger partial charge in [0.05, 0.1) is 82.2 Å². The lowest BCUT2D eigenvalue weighted by Crippen LogP contribution is -2.10. The van der Waals surface area contributed by atoms with Gasteiger partial charge in [0, 0.05) is 22.3 Å². The number of fused-ring (bicyclic) bond motifs is 6. The van der Waals surface area contributed by atoms with Gasteiger partial charge in [-0.15, -0.1) is 0 Å². The van der Waals surface area contributed by atoms with Gasteiger partial charge in [-0.2, -0.15) is 0 Å². The summed E-state index contributed by atoms with van der Waals surface area (Å²) in [5, 5.41) is 0. The van der Waals surface area contributed by atoms with Crippen LogP contribution >= 0.6 is 0 Å². The lowest BCUT2D eigenvalue weighted by atomic mass is 9.94. The molecule has 9 aromatic carbocycles. The van der Waals surface area contributed by atoms with Crippen LogP contribution in [-0.2, 0) is 38.5 Å². The number of hydrogen-bond donors (Lipinski definition) is 0. The molecule has 9 aromatic rings. The van der Waals surface area contributed by atoms with Gasteiger partial charge in [-0.05, 0) is 251 Å². The van der Waals surface area contributed by atoms with E-state index in [2.05, 4.69) is 23.7 Å². The van der Waals surface area contributed by atoms with Crippen molar-refractivity contribution in [1.29, 1.82) is 0 Å². The molecule has 14 heteroatoms. The van der Waals surface area contributed by atoms with E-state index in [1.165, 1.54) is 0 Å². The first-order valence-electron chi connectivity index (χ1n) is 29.0. The van der Waals surface area contributed by atoms with E-state index in [4.69, 9.17) is 56.8 Å². The van der Waals surface area contributed by atoms with Crippen molar-refractivity contribution in [2.75, 3.05) is 71.1 Å². The molecule has 0 saturated carbocycles. The molecule has 0 heterocycles. The first kappa shape index (κ1) is 60.7. The highest BCUT2D eigenvalue weighted by Gasteiger charge is 2.26. The fraction of sp³-hybridized carbons (Fsp3) is 0.211. The number of ether oxygens (including phenoxy) is 12. The molecule has 0 aliphatic heterocycles. The van der Waals surface area contributed by atoms with E-state index >= 15 is 0 Å². The van der Waals surface area contributed by atoms with Gasteiger partial charge in [0.1, 0.15) is 0 Å². The summed E-state index contributed by atoms with van der Waals surface area (Å²) in [6.45, 7) is 0. The van der Waals surface area contributed by atoms with Gasteiger partial charge in [-0.1, -0.05) is 23.7 Å². The zero-order valence-corrected chi connectivity index (χ0v) is 51.8. The first-order chi connectivity index (χ1) is 43.8. The van der Waals surface area contributed by atoms with Crippen molar-refractivity contribution in [2.24, 2.45) is 0 Å². The van der Waals surface area contributed by atoms with Gasteiger partial charge in [0.25, 0.3) is 0 Å². The molecule has 0 N–H and O–H groups in total. The molecule has 0 amide bonds. The first-order valence-corrected chi connectivity index (χ1v) is 29.0. The topological polar surface area (TPSA) is 145 Å². The van der Waals surface area contributed by atoms with Crippen LogP contribution in [-0.4, -0.2) is 83.0 Å². The summed E-state index contributed by atoms with van der Waals surface area (Å²) in [4.78, 5) is 27.6. The summed E-state index contributed by atoms with van der Waals surface area (Å²) < 4.78 is 69.7. The Bertz CT molecular complexity index is 4050. The number of hydrogen-bond acceptors (Lipinski definition) is 14. The average molecular weight is 1200 g/mol. The SMILES string of the molecule is COc1cc2c(cc1OC)Cc1cc(OC)c(OC(=O)c3ccc(C#Cc4ccc(C#Cc5ccc(C(=O)Oc6cc7c(cc6OC)Cc6cc(OC)c(OC)cc6Cc6cc(OC)c(OC)cc6C7)cc5)cc4)cc3)cc1Cc1cc(OC)c(OC)cc1C2. The van der Waals surface area contributed by atoms with E-state index in [0.717, 1.165) is 77.9 Å². The third-order valence-electron chi connectivity index (χ3n) is 16.3. The molecule has 2 aliphatic carbocycles. The van der Waals surface area contributed by atoms with Crippen LogP contribution in [0.5, 0.6) is 69.0 Å². The predicted octanol–water partition coefficient (Wildman–Crippen LogP) is 13.2. The third kappa shape index (κ3) is 13.0. The Hall–Kier alpha value is -11.0. The van der Waals surface area contributed by atoms with Crippen molar-refractivity contribution < 1.29 is 66.4 Å². The standard InChI is InChI=1S/C76H66O14/c1-79-63-33-51-27-53-35-65(81-3)69(85-7)39-57(53)31-61-43-73(71(87-9)41-59(61)29-55(51)37-67(63)83-5)89-75(77)49-23-19-47(20-24-49)17-15-45-11-13-46(14-12-45)16-18-48-21-25-50(26-22-48)76(78)90-74-44-62-32-58-40-70(86-8)66(82-4)36-54(58)28-52-34-64(80-2)68(84-6)38-56(52)30-60(62)42-72(74)88-10/h11-14,19-26,33-44H,27-32H2,1-10H3. The molecule has 0 saturated heterocycles. The molecule has 11 rings (SSSR count). The molecule has 0 atom stereocenters. The lowest BCUT2D eigenvalue weighted by Gasteiger charge is -2.17. The number of methoxy groups -OCH3 is 10. The monoisotopic (exact) mass is 1200 g/mol. The van der Waals surface area contributed by atoms with Crippen LogP contribution in [0.25, 0.3) is 0 Å². The molecule has 0 spiro atoms. The molecule has 0 aromatic heterocycles. The van der Waals surface area contributed by atoms with Gasteiger partial charge in [0.15, 0.2) is 69.0 Å². The summed E-state index contributed by atoms with van der Waals surface area (Å²) in [7, 11) is 16.1. The van der Waals surface area contributed by atoms with E-state index in [-0.39, 0.29) is 0 Å². The van der Waals surface area contributed by atoms with E-state index < -0.39 is 11.9 Å². The third-order valence-corrected chi connectivity index (χ3v) is 16.3. The Morgan fingerprint density at radius 2 is 0.378 bits per heavy atom. The van der Waals surface area contributed by atoms with Gasteiger partial charge in [-0.3, -0.25) is 0 Å². The summed E-state index contributed by atoms with van der Waals surface area (Å²) in [6, 6.07) is 45.3. The van der Waals surface area contributed by atoms with Gasteiger partial charge in [-0.25, -0.2) is 9.59 Å². The molecule has 454 valence electrons. The Morgan fingerprint density at radius 3 is 0.544 bits per heavy atom.